The summed E-state index contributed by atoms with van der Waals surface area (Å²) in [7, 11) is 3.88. The summed E-state index contributed by atoms with van der Waals surface area (Å²) in [5, 5.41) is 2.22. The molecule has 3 heterocycles. The predicted octanol–water partition coefficient (Wildman–Crippen LogP) is 5.11. The van der Waals surface area contributed by atoms with Crippen LogP contribution >= 0.6 is 0 Å². The van der Waals surface area contributed by atoms with Crippen molar-refractivity contribution in [2.24, 2.45) is 0 Å². The number of hydrogen-bond donors (Lipinski definition) is 0. The molecule has 6 heteroatoms. The van der Waals surface area contributed by atoms with Crippen molar-refractivity contribution in [3.05, 3.63) is 85.2 Å². The van der Waals surface area contributed by atoms with E-state index in [1.807, 2.05) is 72.4 Å². The lowest BCUT2D eigenvalue weighted by Gasteiger charge is -2.20. The van der Waals surface area contributed by atoms with Gasteiger partial charge in [0.2, 0.25) is 0 Å². The molecule has 5 aromatic rings. The molecule has 0 spiro atoms. The first-order valence-electron chi connectivity index (χ1n) is 9.70. The molecule has 0 unspecified atom stereocenters. The van der Waals surface area contributed by atoms with Crippen LogP contribution in [0.25, 0.3) is 21.8 Å². The summed E-state index contributed by atoms with van der Waals surface area (Å²) < 4.78 is 0. The Morgan fingerprint density at radius 3 is 1.37 bits per heavy atom. The molecule has 0 atom stereocenters. The van der Waals surface area contributed by atoms with Crippen LogP contribution in [0, 0.1) is 0 Å². The van der Waals surface area contributed by atoms with Gasteiger partial charge in [-0.1, -0.05) is 36.4 Å². The Kier molecular flexibility index (Phi) is 4.44. The van der Waals surface area contributed by atoms with Crippen LogP contribution in [-0.2, 0) is 0 Å². The molecule has 0 saturated carbocycles. The van der Waals surface area contributed by atoms with Crippen LogP contribution in [0.1, 0.15) is 0 Å². The molecule has 0 N–H and O–H groups in total. The van der Waals surface area contributed by atoms with Gasteiger partial charge in [0.05, 0.1) is 23.4 Å². The molecule has 0 fully saturated rings. The Bertz CT molecular complexity index is 1230. The van der Waals surface area contributed by atoms with Crippen molar-refractivity contribution < 1.29 is 0 Å². The molecule has 30 heavy (non-hydrogen) atoms. The van der Waals surface area contributed by atoms with Gasteiger partial charge >= 0.3 is 0 Å². The maximum Gasteiger partial charge on any atom is 0.152 e. The van der Waals surface area contributed by atoms with Gasteiger partial charge in [0.1, 0.15) is 11.6 Å². The third-order valence-electron chi connectivity index (χ3n) is 5.17. The Hall–Kier alpha value is -4.06. The van der Waals surface area contributed by atoms with E-state index in [-0.39, 0.29) is 0 Å². The normalized spacial score (nSPS) is 11.0. The van der Waals surface area contributed by atoms with E-state index in [1.54, 1.807) is 12.4 Å². The maximum atomic E-state index is 4.72. The molecule has 0 aliphatic carbocycles. The lowest BCUT2D eigenvalue weighted by Crippen LogP contribution is -2.16. The van der Waals surface area contributed by atoms with Crippen molar-refractivity contribution in [1.82, 2.24) is 19.9 Å². The number of anilines is 4. The minimum atomic E-state index is 0.724. The fourth-order valence-electron chi connectivity index (χ4n) is 3.38. The summed E-state index contributed by atoms with van der Waals surface area (Å²) >= 11 is 0. The highest BCUT2D eigenvalue weighted by molar-refractivity contribution is 5.81. The third-order valence-corrected chi connectivity index (χ3v) is 5.17. The van der Waals surface area contributed by atoms with Gasteiger partial charge in [0.15, 0.2) is 11.6 Å². The zero-order valence-corrected chi connectivity index (χ0v) is 16.8. The van der Waals surface area contributed by atoms with Crippen molar-refractivity contribution in [3.63, 3.8) is 0 Å². The summed E-state index contributed by atoms with van der Waals surface area (Å²) in [6.07, 6.45) is 3.51. The first-order valence-corrected chi connectivity index (χ1v) is 9.70. The number of benzene rings is 2. The van der Waals surface area contributed by atoms with Crippen LogP contribution in [-0.4, -0.2) is 34.0 Å². The maximum absolute atomic E-state index is 4.72. The second-order valence-corrected chi connectivity index (χ2v) is 7.08. The van der Waals surface area contributed by atoms with E-state index in [1.165, 1.54) is 0 Å². The monoisotopic (exact) mass is 392 g/mol. The molecule has 6 nitrogen and oxygen atoms in total. The van der Waals surface area contributed by atoms with Gasteiger partial charge in [-0.15, -0.1) is 0 Å². The second-order valence-electron chi connectivity index (χ2n) is 7.08. The molecule has 0 aliphatic heterocycles. The Morgan fingerprint density at radius 1 is 0.500 bits per heavy atom. The summed E-state index contributed by atoms with van der Waals surface area (Å²) in [4.78, 5) is 22.5. The summed E-state index contributed by atoms with van der Waals surface area (Å²) in [5.74, 6) is 3.09. The zero-order chi connectivity index (χ0) is 20.5. The molecule has 146 valence electrons. The number of nitrogens with zero attached hydrogens (tertiary/aromatic N) is 6. The predicted molar refractivity (Wildman–Crippen MR) is 122 cm³/mol. The van der Waals surface area contributed by atoms with E-state index in [9.17, 15) is 0 Å². The quantitative estimate of drug-likeness (QED) is 0.424. The van der Waals surface area contributed by atoms with Crippen LogP contribution in [0.4, 0.5) is 23.3 Å². The number of para-hydroxylation sites is 2. The molecule has 0 amide bonds. The Balaban J connectivity index is 1.40. The van der Waals surface area contributed by atoms with E-state index in [0.717, 1.165) is 45.1 Å². The smallest absolute Gasteiger partial charge is 0.152 e. The molecule has 0 saturated heterocycles. The van der Waals surface area contributed by atoms with Crippen LogP contribution < -0.4 is 9.80 Å². The van der Waals surface area contributed by atoms with Gasteiger partial charge in [-0.25, -0.2) is 19.9 Å². The lowest BCUT2D eigenvalue weighted by atomic mass is 10.2. The molecule has 0 aliphatic rings. The van der Waals surface area contributed by atoms with Gasteiger partial charge in [0.25, 0.3) is 0 Å². The van der Waals surface area contributed by atoms with Crippen LogP contribution in [0.5, 0.6) is 0 Å². The van der Waals surface area contributed by atoms with Crippen molar-refractivity contribution in [3.8, 4) is 0 Å². The van der Waals surface area contributed by atoms with E-state index in [0.29, 0.717) is 0 Å². The molecule has 0 radical (unpaired) electrons. The third kappa shape index (κ3) is 3.28. The van der Waals surface area contributed by atoms with E-state index in [4.69, 9.17) is 9.97 Å². The number of aromatic nitrogens is 4. The summed E-state index contributed by atoms with van der Waals surface area (Å²) in [6, 6.07) is 24.2. The number of rotatable bonds is 4. The molecule has 5 rings (SSSR count). The molecule has 3 aromatic heterocycles. The van der Waals surface area contributed by atoms with Crippen molar-refractivity contribution in [2.75, 3.05) is 23.9 Å². The average molecular weight is 392 g/mol. The topological polar surface area (TPSA) is 58.0 Å². The van der Waals surface area contributed by atoms with Crippen molar-refractivity contribution >= 4 is 45.1 Å². The molecule has 0 bridgehead atoms. The van der Waals surface area contributed by atoms with Gasteiger partial charge < -0.3 is 9.80 Å². The van der Waals surface area contributed by atoms with Crippen molar-refractivity contribution in [2.45, 2.75) is 0 Å². The highest BCUT2D eigenvalue weighted by Gasteiger charge is 2.12. The van der Waals surface area contributed by atoms with Gasteiger partial charge in [-0.2, -0.15) is 0 Å². The number of hydrogen-bond acceptors (Lipinski definition) is 6. The zero-order valence-electron chi connectivity index (χ0n) is 16.8. The largest absolute Gasteiger partial charge is 0.313 e. The number of fused-ring (bicyclic) bond motifs is 2. The average Bonchev–Trinajstić information content (AvgIpc) is 2.82. The Morgan fingerprint density at radius 2 is 0.933 bits per heavy atom. The van der Waals surface area contributed by atoms with Crippen LogP contribution in [0.3, 0.4) is 0 Å². The van der Waals surface area contributed by atoms with Crippen LogP contribution in [0.15, 0.2) is 85.2 Å². The standard InChI is InChI=1S/C24H20N6/c1-29(21-13-11-17-7-3-5-9-19(17)27-21)23-15-26-24(16-25-23)30(2)22-14-12-18-8-4-6-10-20(18)28-22/h3-16H,1-2H3. The Labute approximate surface area is 174 Å². The molecular weight excluding hydrogens is 372 g/mol. The summed E-state index contributed by atoms with van der Waals surface area (Å²) in [5.41, 5.74) is 1.90. The van der Waals surface area contributed by atoms with Crippen LogP contribution in [0.2, 0.25) is 0 Å². The lowest BCUT2D eigenvalue weighted by molar-refractivity contribution is 1.02. The number of pyridine rings is 2. The van der Waals surface area contributed by atoms with E-state index < -0.39 is 0 Å². The summed E-state index contributed by atoms with van der Waals surface area (Å²) in [6.45, 7) is 0. The SMILES string of the molecule is CN(c1cnc(N(C)c2ccc3ccccc3n2)cn1)c1ccc2ccccc2n1. The van der Waals surface area contributed by atoms with Crippen molar-refractivity contribution in [1.29, 1.82) is 0 Å². The fourth-order valence-corrected chi connectivity index (χ4v) is 3.38. The fraction of sp³-hybridized carbons (Fsp3) is 0.0833. The highest BCUT2D eigenvalue weighted by atomic mass is 15.3. The van der Waals surface area contributed by atoms with E-state index >= 15 is 0 Å². The molecule has 2 aromatic carbocycles. The van der Waals surface area contributed by atoms with Gasteiger partial charge in [0, 0.05) is 24.9 Å². The van der Waals surface area contributed by atoms with Gasteiger partial charge in [-0.05, 0) is 36.4 Å². The highest BCUT2D eigenvalue weighted by Crippen LogP contribution is 2.25. The molecular formula is C24H20N6. The minimum Gasteiger partial charge on any atom is -0.313 e. The minimum absolute atomic E-state index is 0.724. The first-order chi connectivity index (χ1) is 14.7. The van der Waals surface area contributed by atoms with Gasteiger partial charge in [-0.3, -0.25) is 0 Å². The van der Waals surface area contributed by atoms with E-state index in [2.05, 4.69) is 34.2 Å². The first kappa shape index (κ1) is 18.0. The second kappa shape index (κ2) is 7.40.